The fourth-order valence-electron chi connectivity index (χ4n) is 2.77. The van der Waals surface area contributed by atoms with Crippen LogP contribution in [0.5, 0.6) is 0 Å². The molecule has 0 spiro atoms. The maximum atomic E-state index is 12.8. The first-order valence-corrected chi connectivity index (χ1v) is 7.83. The molecule has 0 aromatic heterocycles. The maximum Gasteiger partial charge on any atom is 0.220 e. The van der Waals surface area contributed by atoms with Gasteiger partial charge in [-0.05, 0) is 69.4 Å². The molecule has 1 heterocycles. The van der Waals surface area contributed by atoms with E-state index in [1.54, 1.807) is 12.1 Å². The lowest BCUT2D eigenvalue weighted by Crippen LogP contribution is -2.33. The van der Waals surface area contributed by atoms with E-state index in [0.29, 0.717) is 18.9 Å². The van der Waals surface area contributed by atoms with Crippen molar-refractivity contribution in [3.8, 4) is 0 Å². The molecule has 0 atom stereocenters. The van der Waals surface area contributed by atoms with Crippen molar-refractivity contribution in [3.63, 3.8) is 0 Å². The molecule has 116 valence electrons. The highest BCUT2D eigenvalue weighted by atomic mass is 19.1. The zero-order chi connectivity index (χ0) is 15.1. The van der Waals surface area contributed by atoms with Crippen LogP contribution < -0.4 is 5.32 Å². The molecule has 0 saturated carbocycles. The molecule has 1 amide bonds. The quantitative estimate of drug-likeness (QED) is 0.817. The van der Waals surface area contributed by atoms with E-state index in [0.717, 1.165) is 44.3 Å². The topological polar surface area (TPSA) is 32.3 Å². The molecule has 0 unspecified atom stereocenters. The van der Waals surface area contributed by atoms with Gasteiger partial charge in [0.15, 0.2) is 0 Å². The number of carbonyl (C=O) groups is 1. The summed E-state index contributed by atoms with van der Waals surface area (Å²) in [6.07, 6.45) is 4.67. The Hall–Kier alpha value is -1.42. The van der Waals surface area contributed by atoms with E-state index >= 15 is 0 Å². The van der Waals surface area contributed by atoms with Gasteiger partial charge in [-0.1, -0.05) is 12.1 Å². The molecule has 1 aromatic carbocycles. The fraction of sp³-hybridized carbons (Fsp3) is 0.588. The van der Waals surface area contributed by atoms with Gasteiger partial charge in [0.25, 0.3) is 0 Å². The van der Waals surface area contributed by atoms with Crippen molar-refractivity contribution in [2.24, 2.45) is 5.92 Å². The maximum absolute atomic E-state index is 12.8. The van der Waals surface area contributed by atoms with E-state index in [1.807, 2.05) is 0 Å². The molecular weight excluding hydrogens is 267 g/mol. The van der Waals surface area contributed by atoms with Gasteiger partial charge < -0.3 is 10.2 Å². The summed E-state index contributed by atoms with van der Waals surface area (Å²) in [6.45, 7) is 2.90. The minimum atomic E-state index is -0.204. The molecule has 1 fully saturated rings. The van der Waals surface area contributed by atoms with Gasteiger partial charge in [0.05, 0.1) is 0 Å². The summed E-state index contributed by atoms with van der Waals surface area (Å²) < 4.78 is 12.8. The predicted octanol–water partition coefficient (Wildman–Crippen LogP) is 2.61. The monoisotopic (exact) mass is 292 g/mol. The van der Waals surface area contributed by atoms with Crippen LogP contribution in [-0.4, -0.2) is 37.5 Å². The molecule has 21 heavy (non-hydrogen) atoms. The van der Waals surface area contributed by atoms with Crippen LogP contribution in [0.25, 0.3) is 0 Å². The average molecular weight is 292 g/mol. The van der Waals surface area contributed by atoms with E-state index in [1.165, 1.54) is 12.1 Å². The van der Waals surface area contributed by atoms with Crippen molar-refractivity contribution in [1.29, 1.82) is 0 Å². The van der Waals surface area contributed by atoms with Crippen LogP contribution in [0.1, 0.15) is 31.2 Å². The van der Waals surface area contributed by atoms with Crippen molar-refractivity contribution in [3.05, 3.63) is 35.6 Å². The SMILES string of the molecule is CN1CCC(CC(=O)NCCCc2ccc(F)cc2)CC1. The van der Waals surface area contributed by atoms with Crippen molar-refractivity contribution >= 4 is 5.91 Å². The minimum Gasteiger partial charge on any atom is -0.356 e. The van der Waals surface area contributed by atoms with Gasteiger partial charge in [-0.2, -0.15) is 0 Å². The molecule has 2 rings (SSSR count). The van der Waals surface area contributed by atoms with Gasteiger partial charge in [0, 0.05) is 13.0 Å². The lowest BCUT2D eigenvalue weighted by Gasteiger charge is -2.28. The number of hydrogen-bond acceptors (Lipinski definition) is 2. The molecule has 1 N–H and O–H groups in total. The highest BCUT2D eigenvalue weighted by molar-refractivity contribution is 5.76. The number of benzene rings is 1. The third kappa shape index (κ3) is 5.84. The number of piperidine rings is 1. The number of nitrogens with one attached hydrogen (secondary N) is 1. The smallest absolute Gasteiger partial charge is 0.220 e. The second-order valence-corrected chi connectivity index (χ2v) is 6.03. The molecular formula is C17H25FN2O. The Bertz CT molecular complexity index is 439. The van der Waals surface area contributed by atoms with Crippen LogP contribution in [0.3, 0.4) is 0 Å². The third-order valence-corrected chi connectivity index (χ3v) is 4.19. The Morgan fingerprint density at radius 1 is 1.29 bits per heavy atom. The molecule has 0 aliphatic carbocycles. The van der Waals surface area contributed by atoms with E-state index < -0.39 is 0 Å². The lowest BCUT2D eigenvalue weighted by atomic mass is 9.93. The Morgan fingerprint density at radius 2 is 1.95 bits per heavy atom. The van der Waals surface area contributed by atoms with Gasteiger partial charge in [0.2, 0.25) is 5.91 Å². The number of carbonyl (C=O) groups excluding carboxylic acids is 1. The summed E-state index contributed by atoms with van der Waals surface area (Å²) in [5.74, 6) is 0.507. The second kappa shape index (κ2) is 8.13. The highest BCUT2D eigenvalue weighted by Crippen LogP contribution is 2.19. The molecule has 1 aliphatic rings. The summed E-state index contributed by atoms with van der Waals surface area (Å²) in [4.78, 5) is 14.2. The Kier molecular flexibility index (Phi) is 6.18. The Morgan fingerprint density at radius 3 is 2.62 bits per heavy atom. The van der Waals surface area contributed by atoms with Crippen LogP contribution in [0.15, 0.2) is 24.3 Å². The van der Waals surface area contributed by atoms with Gasteiger partial charge in [-0.3, -0.25) is 4.79 Å². The first-order chi connectivity index (χ1) is 10.1. The molecule has 1 aromatic rings. The lowest BCUT2D eigenvalue weighted by molar-refractivity contribution is -0.122. The van der Waals surface area contributed by atoms with Crippen LogP contribution in [0, 0.1) is 11.7 Å². The summed E-state index contributed by atoms with van der Waals surface area (Å²) >= 11 is 0. The summed E-state index contributed by atoms with van der Waals surface area (Å²) in [5.41, 5.74) is 1.11. The number of amides is 1. The summed E-state index contributed by atoms with van der Waals surface area (Å²) in [7, 11) is 2.13. The number of rotatable bonds is 6. The fourth-order valence-corrected chi connectivity index (χ4v) is 2.77. The minimum absolute atomic E-state index is 0.170. The number of halogens is 1. The van der Waals surface area contributed by atoms with Crippen LogP contribution in [-0.2, 0) is 11.2 Å². The molecule has 3 nitrogen and oxygen atoms in total. The molecule has 0 radical (unpaired) electrons. The summed E-state index contributed by atoms with van der Waals surface area (Å²) in [6, 6.07) is 6.56. The number of nitrogens with zero attached hydrogens (tertiary/aromatic N) is 1. The van der Waals surface area contributed by atoms with Gasteiger partial charge in [-0.25, -0.2) is 4.39 Å². The van der Waals surface area contributed by atoms with Gasteiger partial charge >= 0.3 is 0 Å². The normalized spacial score (nSPS) is 16.9. The van der Waals surface area contributed by atoms with Crippen LogP contribution in [0.4, 0.5) is 4.39 Å². The van der Waals surface area contributed by atoms with E-state index in [4.69, 9.17) is 0 Å². The Balaban J connectivity index is 1.58. The van der Waals surface area contributed by atoms with Crippen LogP contribution in [0.2, 0.25) is 0 Å². The number of likely N-dealkylation sites (tertiary alicyclic amines) is 1. The van der Waals surface area contributed by atoms with Crippen LogP contribution >= 0.6 is 0 Å². The molecule has 1 aliphatic heterocycles. The first kappa shape index (κ1) is 16.0. The van der Waals surface area contributed by atoms with Crippen molar-refractivity contribution in [1.82, 2.24) is 10.2 Å². The van der Waals surface area contributed by atoms with E-state index in [9.17, 15) is 9.18 Å². The number of hydrogen-bond donors (Lipinski definition) is 1. The molecule has 4 heteroatoms. The zero-order valence-electron chi connectivity index (χ0n) is 12.8. The largest absolute Gasteiger partial charge is 0.356 e. The van der Waals surface area contributed by atoms with E-state index in [2.05, 4.69) is 17.3 Å². The summed E-state index contributed by atoms with van der Waals surface area (Å²) in [5, 5.41) is 3.00. The standard InChI is InChI=1S/C17H25FN2O/c1-20-11-8-15(9-12-20)13-17(21)19-10-2-3-14-4-6-16(18)7-5-14/h4-7,15H,2-3,8-13H2,1H3,(H,19,21). The van der Waals surface area contributed by atoms with E-state index in [-0.39, 0.29) is 11.7 Å². The average Bonchev–Trinajstić information content (AvgIpc) is 2.48. The second-order valence-electron chi connectivity index (χ2n) is 6.03. The van der Waals surface area contributed by atoms with Crippen molar-refractivity contribution in [2.45, 2.75) is 32.1 Å². The molecule has 0 bridgehead atoms. The predicted molar refractivity (Wildman–Crippen MR) is 82.6 cm³/mol. The van der Waals surface area contributed by atoms with Crippen molar-refractivity contribution in [2.75, 3.05) is 26.7 Å². The van der Waals surface area contributed by atoms with Gasteiger partial charge in [0.1, 0.15) is 5.82 Å². The number of aryl methyl sites for hydroxylation is 1. The molecule has 1 saturated heterocycles. The highest BCUT2D eigenvalue weighted by Gasteiger charge is 2.19. The third-order valence-electron chi connectivity index (χ3n) is 4.19. The van der Waals surface area contributed by atoms with Gasteiger partial charge in [-0.15, -0.1) is 0 Å². The first-order valence-electron chi connectivity index (χ1n) is 7.83. The Labute approximate surface area is 126 Å². The zero-order valence-corrected chi connectivity index (χ0v) is 12.8. The van der Waals surface area contributed by atoms with Crippen molar-refractivity contribution < 1.29 is 9.18 Å².